The Kier molecular flexibility index (Phi) is 3.42. The quantitative estimate of drug-likeness (QED) is 0.576. The van der Waals surface area contributed by atoms with Crippen LogP contribution in [0.2, 0.25) is 13.1 Å². The summed E-state index contributed by atoms with van der Waals surface area (Å²) in [5.74, 6) is 0. The van der Waals surface area contributed by atoms with Crippen molar-refractivity contribution in [2.75, 3.05) is 0 Å². The van der Waals surface area contributed by atoms with Gasteiger partial charge in [-0.1, -0.05) is 75.7 Å². The zero-order chi connectivity index (χ0) is 14.5. The van der Waals surface area contributed by atoms with Gasteiger partial charge in [-0.15, -0.1) is 0 Å². The largest absolute Gasteiger partial charge is 0.0876 e. The van der Waals surface area contributed by atoms with Crippen LogP contribution in [0.25, 0.3) is 6.08 Å². The smallest absolute Gasteiger partial charge is 0.0779 e. The standard InChI is InChI=1S/C18H21BrSi/c1-12-8-9-14(10-12)20(3,4)18-13(2)11-16-15(18)6-5-7-17(16)19/h5-8,10-11,18H,9H2,1-4H3. The van der Waals surface area contributed by atoms with E-state index in [4.69, 9.17) is 0 Å². The number of halogens is 1. The summed E-state index contributed by atoms with van der Waals surface area (Å²) in [6.07, 6.45) is 8.36. The molecular formula is C18H21BrSi. The topological polar surface area (TPSA) is 0 Å². The van der Waals surface area contributed by atoms with E-state index in [0.29, 0.717) is 5.54 Å². The molecule has 3 rings (SSSR count). The second-order valence-electron chi connectivity index (χ2n) is 6.61. The van der Waals surface area contributed by atoms with Gasteiger partial charge in [-0.25, -0.2) is 0 Å². The van der Waals surface area contributed by atoms with Gasteiger partial charge in [-0.05, 0) is 37.5 Å². The Balaban J connectivity index is 2.07. The molecule has 0 saturated heterocycles. The summed E-state index contributed by atoms with van der Waals surface area (Å²) < 4.78 is 1.23. The minimum absolute atomic E-state index is 0.626. The second kappa shape index (κ2) is 4.85. The lowest BCUT2D eigenvalue weighted by Gasteiger charge is -2.33. The molecule has 0 aromatic heterocycles. The van der Waals surface area contributed by atoms with Crippen LogP contribution in [0.3, 0.4) is 0 Å². The minimum atomic E-state index is -1.50. The van der Waals surface area contributed by atoms with Gasteiger partial charge in [0.15, 0.2) is 0 Å². The highest BCUT2D eigenvalue weighted by molar-refractivity contribution is 9.10. The molecule has 1 aromatic rings. The average Bonchev–Trinajstić information content (AvgIpc) is 2.94. The number of benzene rings is 1. The molecule has 0 spiro atoms. The summed E-state index contributed by atoms with van der Waals surface area (Å²) >= 11 is 3.71. The van der Waals surface area contributed by atoms with Crippen molar-refractivity contribution in [3.05, 3.63) is 62.3 Å². The van der Waals surface area contributed by atoms with Crippen molar-refractivity contribution in [3.8, 4) is 0 Å². The first-order valence-corrected chi connectivity index (χ1v) is 11.1. The van der Waals surface area contributed by atoms with Crippen LogP contribution in [0, 0.1) is 0 Å². The van der Waals surface area contributed by atoms with Crippen molar-refractivity contribution in [2.24, 2.45) is 0 Å². The first-order chi connectivity index (χ1) is 9.41. The van der Waals surface area contributed by atoms with Crippen molar-refractivity contribution >= 4 is 30.1 Å². The molecule has 0 nitrogen and oxygen atoms in total. The molecule has 0 fully saturated rings. The maximum Gasteiger partial charge on any atom is 0.0876 e. The highest BCUT2D eigenvalue weighted by atomic mass is 79.9. The molecule has 1 unspecified atom stereocenters. The third-order valence-corrected chi connectivity index (χ3v) is 9.73. The Morgan fingerprint density at radius 3 is 2.55 bits per heavy atom. The summed E-state index contributed by atoms with van der Waals surface area (Å²) in [6.45, 7) is 9.59. The first kappa shape index (κ1) is 14.1. The van der Waals surface area contributed by atoms with Crippen molar-refractivity contribution < 1.29 is 0 Å². The Morgan fingerprint density at radius 2 is 1.90 bits per heavy atom. The molecule has 0 bridgehead atoms. The van der Waals surface area contributed by atoms with E-state index in [1.54, 1.807) is 5.20 Å². The third kappa shape index (κ3) is 2.10. The van der Waals surface area contributed by atoms with Gasteiger partial charge in [0, 0.05) is 10.0 Å². The fourth-order valence-corrected chi connectivity index (χ4v) is 8.12. The maximum atomic E-state index is 3.71. The van der Waals surface area contributed by atoms with Gasteiger partial charge in [0.25, 0.3) is 0 Å². The van der Waals surface area contributed by atoms with Crippen LogP contribution in [0.5, 0.6) is 0 Å². The predicted molar refractivity (Wildman–Crippen MR) is 94.5 cm³/mol. The summed E-state index contributed by atoms with van der Waals surface area (Å²) in [7, 11) is -1.50. The zero-order valence-corrected chi connectivity index (χ0v) is 15.2. The maximum absolute atomic E-state index is 3.71. The lowest BCUT2D eigenvalue weighted by Crippen LogP contribution is -2.37. The van der Waals surface area contributed by atoms with E-state index in [-0.39, 0.29) is 0 Å². The molecule has 20 heavy (non-hydrogen) atoms. The Hall–Kier alpha value is -0.863. The molecule has 0 heterocycles. The number of fused-ring (bicyclic) bond motifs is 1. The molecule has 0 saturated carbocycles. The normalized spacial score (nSPS) is 21.4. The molecule has 2 heteroatoms. The van der Waals surface area contributed by atoms with Gasteiger partial charge in [0.1, 0.15) is 0 Å². The molecule has 104 valence electrons. The van der Waals surface area contributed by atoms with Crippen molar-refractivity contribution in [1.82, 2.24) is 0 Å². The molecule has 2 aliphatic rings. The van der Waals surface area contributed by atoms with Gasteiger partial charge in [0.2, 0.25) is 0 Å². The molecular weight excluding hydrogens is 324 g/mol. The lowest BCUT2D eigenvalue weighted by atomic mass is 10.1. The van der Waals surface area contributed by atoms with Crippen LogP contribution in [-0.2, 0) is 0 Å². The third-order valence-electron chi connectivity index (χ3n) is 4.82. The molecule has 1 aromatic carbocycles. The van der Waals surface area contributed by atoms with Gasteiger partial charge < -0.3 is 0 Å². The summed E-state index contributed by atoms with van der Waals surface area (Å²) in [5, 5.41) is 1.69. The number of hydrogen-bond donors (Lipinski definition) is 0. The van der Waals surface area contributed by atoms with Gasteiger partial charge in [0.05, 0.1) is 8.07 Å². The van der Waals surface area contributed by atoms with Crippen molar-refractivity contribution in [2.45, 2.75) is 38.9 Å². The molecule has 0 amide bonds. The minimum Gasteiger partial charge on any atom is -0.0779 e. The molecule has 2 aliphatic carbocycles. The van der Waals surface area contributed by atoms with Crippen LogP contribution in [0.15, 0.2) is 51.2 Å². The van der Waals surface area contributed by atoms with Crippen molar-refractivity contribution in [1.29, 1.82) is 0 Å². The van der Waals surface area contributed by atoms with Crippen LogP contribution in [-0.4, -0.2) is 8.07 Å². The zero-order valence-electron chi connectivity index (χ0n) is 12.6. The van der Waals surface area contributed by atoms with Crippen LogP contribution in [0.1, 0.15) is 36.9 Å². The van der Waals surface area contributed by atoms with E-state index >= 15 is 0 Å². The lowest BCUT2D eigenvalue weighted by molar-refractivity contribution is 1.06. The highest BCUT2D eigenvalue weighted by Crippen LogP contribution is 2.47. The Morgan fingerprint density at radius 1 is 1.15 bits per heavy atom. The van der Waals surface area contributed by atoms with E-state index in [9.17, 15) is 0 Å². The second-order valence-corrected chi connectivity index (χ2v) is 12.1. The first-order valence-electron chi connectivity index (χ1n) is 7.25. The van der Waals surface area contributed by atoms with Crippen LogP contribution < -0.4 is 0 Å². The van der Waals surface area contributed by atoms with Gasteiger partial charge >= 0.3 is 0 Å². The molecule has 1 atom stereocenters. The molecule has 0 N–H and O–H groups in total. The van der Waals surface area contributed by atoms with E-state index in [1.807, 2.05) is 0 Å². The molecule has 0 radical (unpaired) electrons. The van der Waals surface area contributed by atoms with E-state index < -0.39 is 8.07 Å². The number of allylic oxidation sites excluding steroid dienone is 5. The fraction of sp³-hybridized carbons (Fsp3) is 0.333. The van der Waals surface area contributed by atoms with E-state index in [0.717, 1.165) is 6.42 Å². The fourth-order valence-electron chi connectivity index (χ4n) is 3.77. The van der Waals surface area contributed by atoms with Crippen molar-refractivity contribution in [3.63, 3.8) is 0 Å². The van der Waals surface area contributed by atoms with E-state index in [1.165, 1.54) is 26.7 Å². The van der Waals surface area contributed by atoms with E-state index in [2.05, 4.69) is 79.3 Å². The Labute approximate surface area is 131 Å². The number of hydrogen-bond acceptors (Lipinski definition) is 0. The van der Waals surface area contributed by atoms with Gasteiger partial charge in [-0.3, -0.25) is 0 Å². The average molecular weight is 345 g/mol. The monoisotopic (exact) mass is 344 g/mol. The SMILES string of the molecule is CC1=CCC([Si](C)(C)C2C(C)=Cc3c(Br)cccc32)=C1. The Bertz CT molecular complexity index is 662. The number of rotatable bonds is 2. The predicted octanol–water partition coefficient (Wildman–Crippen LogP) is 6.01. The summed E-state index contributed by atoms with van der Waals surface area (Å²) in [4.78, 5) is 0. The highest BCUT2D eigenvalue weighted by Gasteiger charge is 2.41. The van der Waals surface area contributed by atoms with Crippen LogP contribution in [0.4, 0.5) is 0 Å². The summed E-state index contributed by atoms with van der Waals surface area (Å²) in [6, 6.07) is 6.65. The van der Waals surface area contributed by atoms with Gasteiger partial charge in [-0.2, -0.15) is 0 Å². The molecule has 0 aliphatic heterocycles. The summed E-state index contributed by atoms with van der Waals surface area (Å²) in [5.41, 5.74) is 6.53. The van der Waals surface area contributed by atoms with Crippen LogP contribution >= 0.6 is 15.9 Å².